The molecular weight excluding hydrogens is 118 g/mol. The van der Waals surface area contributed by atoms with Crippen molar-refractivity contribution in [3.63, 3.8) is 0 Å². The molecule has 0 aliphatic rings. The average molecular weight is 124 g/mol. The summed E-state index contributed by atoms with van der Waals surface area (Å²) in [5.74, 6) is 0. The van der Waals surface area contributed by atoms with E-state index < -0.39 is 9.97 Å². The van der Waals surface area contributed by atoms with Crippen molar-refractivity contribution in [3.8, 4) is 0 Å². The molecule has 0 rings (SSSR count). The fourth-order valence-corrected chi connectivity index (χ4v) is 0. The molecular formula is H6AlBO3S. The Labute approximate surface area is 47.9 Å². The Kier molecular flexibility index (Phi) is 4.28. The molecule has 0 fully saturated rings. The van der Waals surface area contributed by atoms with Crippen LogP contribution in [-0.2, 0) is 9.97 Å². The summed E-state index contributed by atoms with van der Waals surface area (Å²) >= 11 is 0. The molecule has 0 aliphatic carbocycles. The quantitative estimate of drug-likeness (QED) is 0.281. The maximum atomic E-state index is 9.19. The zero-order chi connectivity index (χ0) is 4.50. The van der Waals surface area contributed by atoms with E-state index >= 15 is 0 Å². The Hall–Kier alpha value is 0.507. The summed E-state index contributed by atoms with van der Waals surface area (Å²) in [6.45, 7) is 0. The molecule has 0 aliphatic heterocycles. The van der Waals surface area contributed by atoms with Gasteiger partial charge in [-0.25, -0.2) is 8.42 Å². The smallest absolute Gasteiger partial charge is 0.291 e. The van der Waals surface area contributed by atoms with Crippen LogP contribution in [0.3, 0.4) is 0 Å². The van der Waals surface area contributed by atoms with E-state index in [-0.39, 0.29) is 17.4 Å². The SMILES string of the molecule is BS(=O)(=O)O.[AlH3]. The molecule has 0 spiro atoms. The Morgan fingerprint density at radius 2 is 1.50 bits per heavy atom. The van der Waals surface area contributed by atoms with Crippen LogP contribution in [0.2, 0.25) is 0 Å². The van der Waals surface area contributed by atoms with Gasteiger partial charge in [0.1, 0.15) is 0 Å². The lowest BCUT2D eigenvalue weighted by Gasteiger charge is -1.69. The second-order valence-electron chi connectivity index (χ2n) is 0.733. The van der Waals surface area contributed by atoms with Crippen molar-refractivity contribution in [1.29, 1.82) is 0 Å². The maximum absolute atomic E-state index is 9.19. The van der Waals surface area contributed by atoms with Crippen LogP contribution in [0.4, 0.5) is 0 Å². The highest BCUT2D eigenvalue weighted by molar-refractivity contribution is 8.07. The summed E-state index contributed by atoms with van der Waals surface area (Å²) in [6, 6.07) is 0. The number of rotatable bonds is 0. The van der Waals surface area contributed by atoms with E-state index in [1.54, 1.807) is 0 Å². The van der Waals surface area contributed by atoms with Crippen molar-refractivity contribution in [1.82, 2.24) is 0 Å². The number of hydrogen-bond donors (Lipinski definition) is 1. The summed E-state index contributed by atoms with van der Waals surface area (Å²) in [5.41, 5.74) is 0. The van der Waals surface area contributed by atoms with E-state index in [1.165, 1.54) is 0 Å². The molecule has 36 valence electrons. The van der Waals surface area contributed by atoms with E-state index in [4.69, 9.17) is 4.55 Å². The standard InChI is InChI=1S/Al.BH3O3S.3H/c;1-5(2,3)4;;;/h;1H2,(H,2,3,4);;;. The van der Waals surface area contributed by atoms with Crippen LogP contribution in [-0.4, -0.2) is 37.5 Å². The lowest BCUT2D eigenvalue weighted by atomic mass is 10.8. The molecule has 0 aromatic heterocycles. The first-order chi connectivity index (χ1) is 2.00. The van der Waals surface area contributed by atoms with Crippen LogP contribution in [0, 0.1) is 0 Å². The zero-order valence-corrected chi connectivity index (χ0v) is 3.49. The topological polar surface area (TPSA) is 54.4 Å². The molecule has 0 bridgehead atoms. The van der Waals surface area contributed by atoms with Gasteiger partial charge in [0.15, 0.2) is 17.4 Å². The van der Waals surface area contributed by atoms with Crippen molar-refractivity contribution in [2.24, 2.45) is 0 Å². The molecule has 0 atom stereocenters. The molecule has 6 heavy (non-hydrogen) atoms. The lowest BCUT2D eigenvalue weighted by molar-refractivity contribution is 0.501. The van der Waals surface area contributed by atoms with Crippen molar-refractivity contribution in [2.75, 3.05) is 0 Å². The zero-order valence-electron chi connectivity index (χ0n) is 2.67. The van der Waals surface area contributed by atoms with Crippen molar-refractivity contribution in [3.05, 3.63) is 0 Å². The predicted octanol–water partition coefficient (Wildman–Crippen LogP) is -2.76. The summed E-state index contributed by atoms with van der Waals surface area (Å²) in [5, 5.41) is 0. The predicted molar refractivity (Wildman–Crippen MR) is 30.0 cm³/mol. The minimum absolute atomic E-state index is 0. The molecule has 0 unspecified atom stereocenters. The normalized spacial score (nSPS) is 9.50. The Balaban J connectivity index is 0. The van der Waals surface area contributed by atoms with Gasteiger partial charge >= 0.3 is 0 Å². The van der Waals surface area contributed by atoms with Gasteiger partial charge in [0.05, 0.1) is 0 Å². The first-order valence-corrected chi connectivity index (χ1v) is 2.77. The van der Waals surface area contributed by atoms with Gasteiger partial charge in [0, 0.05) is 0 Å². The fraction of sp³-hybridized carbons (Fsp3) is 0. The highest BCUT2D eigenvalue weighted by Crippen LogP contribution is 1.57. The van der Waals surface area contributed by atoms with Crippen LogP contribution in [0.25, 0.3) is 0 Å². The molecule has 0 amide bonds. The van der Waals surface area contributed by atoms with E-state index in [1.807, 2.05) is 0 Å². The third-order valence-corrected chi connectivity index (χ3v) is 0. The van der Waals surface area contributed by atoms with Crippen LogP contribution < -0.4 is 0 Å². The molecule has 0 aromatic rings. The molecule has 6 heteroatoms. The van der Waals surface area contributed by atoms with Crippen molar-refractivity contribution < 1.29 is 13.0 Å². The fourth-order valence-electron chi connectivity index (χ4n) is 0. The summed E-state index contributed by atoms with van der Waals surface area (Å²) < 4.78 is 25.9. The molecule has 1 N–H and O–H groups in total. The maximum Gasteiger partial charge on any atom is 0.291 e. The van der Waals surface area contributed by atoms with Gasteiger partial charge in [-0.05, 0) is 0 Å². The van der Waals surface area contributed by atoms with Crippen LogP contribution in [0.15, 0.2) is 0 Å². The van der Waals surface area contributed by atoms with E-state index in [2.05, 4.69) is 0 Å². The van der Waals surface area contributed by atoms with Gasteiger partial charge in [0.25, 0.3) is 7.12 Å². The second kappa shape index (κ2) is 2.64. The van der Waals surface area contributed by atoms with Crippen molar-refractivity contribution >= 4 is 34.5 Å². The van der Waals surface area contributed by atoms with Crippen LogP contribution in [0.5, 0.6) is 0 Å². The largest absolute Gasteiger partial charge is 0.295 e. The lowest BCUT2D eigenvalue weighted by Crippen LogP contribution is -1.91. The van der Waals surface area contributed by atoms with Gasteiger partial charge in [0.2, 0.25) is 9.97 Å². The second-order valence-corrected chi connectivity index (χ2v) is 2.20. The van der Waals surface area contributed by atoms with Gasteiger partial charge in [-0.15, -0.1) is 0 Å². The Bertz CT molecular complexity index is 94.0. The van der Waals surface area contributed by atoms with Gasteiger partial charge in [-0.1, -0.05) is 0 Å². The first kappa shape index (κ1) is 9.72. The number of hydrogen-bond acceptors (Lipinski definition) is 2. The Morgan fingerprint density at radius 3 is 1.50 bits per heavy atom. The summed E-state index contributed by atoms with van der Waals surface area (Å²) in [7, 11) is -2.95. The van der Waals surface area contributed by atoms with Gasteiger partial charge in [-0.2, -0.15) is 0 Å². The molecule has 0 aromatic carbocycles. The van der Waals surface area contributed by atoms with Crippen LogP contribution in [0.1, 0.15) is 0 Å². The third kappa shape index (κ3) is 215. The van der Waals surface area contributed by atoms with E-state index in [9.17, 15) is 8.42 Å². The van der Waals surface area contributed by atoms with Gasteiger partial charge < -0.3 is 0 Å². The van der Waals surface area contributed by atoms with Crippen molar-refractivity contribution in [2.45, 2.75) is 0 Å². The summed E-state index contributed by atoms with van der Waals surface area (Å²) in [4.78, 5) is 0. The monoisotopic (exact) mass is 124 g/mol. The Morgan fingerprint density at radius 1 is 1.50 bits per heavy atom. The molecule has 0 saturated heterocycles. The third-order valence-electron chi connectivity index (χ3n) is 0. The highest BCUT2D eigenvalue weighted by atomic mass is 32.2. The molecule has 3 nitrogen and oxygen atoms in total. The summed E-state index contributed by atoms with van der Waals surface area (Å²) in [6.07, 6.45) is 0. The van der Waals surface area contributed by atoms with E-state index in [0.717, 1.165) is 0 Å². The highest BCUT2D eigenvalue weighted by Gasteiger charge is 1.82. The average Bonchev–Trinajstić information content (AvgIpc) is 0.722. The molecule has 0 heterocycles. The molecule has 0 saturated carbocycles. The first-order valence-electron chi connectivity index (χ1n) is 0.924. The van der Waals surface area contributed by atoms with Gasteiger partial charge in [-0.3, -0.25) is 4.55 Å². The minimum Gasteiger partial charge on any atom is -0.295 e. The van der Waals surface area contributed by atoms with Crippen LogP contribution >= 0.6 is 0 Å². The van der Waals surface area contributed by atoms with E-state index in [0.29, 0.717) is 7.12 Å². The minimum atomic E-state index is -3.67. The molecule has 0 radical (unpaired) electrons.